The van der Waals surface area contributed by atoms with Gasteiger partial charge in [0.1, 0.15) is 12.4 Å². The number of hydrogen-bond donors (Lipinski definition) is 2. The quantitative estimate of drug-likeness (QED) is 0.537. The van der Waals surface area contributed by atoms with Gasteiger partial charge in [0.05, 0.1) is 19.0 Å². The topological polar surface area (TPSA) is 93.7 Å². The fourth-order valence-electron chi connectivity index (χ4n) is 4.74. The summed E-state index contributed by atoms with van der Waals surface area (Å²) in [5, 5.41) is 4.10. The summed E-state index contributed by atoms with van der Waals surface area (Å²) in [5.74, 6) is 1.05. The van der Waals surface area contributed by atoms with Gasteiger partial charge in [-0.15, -0.1) is 0 Å². The Hall–Kier alpha value is -1.19. The van der Waals surface area contributed by atoms with Crippen molar-refractivity contribution in [3.8, 4) is 5.75 Å². The van der Waals surface area contributed by atoms with Gasteiger partial charge in [-0.05, 0) is 75.6 Å². The van der Waals surface area contributed by atoms with Crippen LogP contribution in [0.2, 0.25) is 5.02 Å². The van der Waals surface area contributed by atoms with Crippen LogP contribution in [0.25, 0.3) is 0 Å². The van der Waals surface area contributed by atoms with E-state index in [0.29, 0.717) is 17.5 Å². The molecule has 31 heavy (non-hydrogen) atoms. The highest BCUT2D eigenvalue weighted by atomic mass is 35.5. The summed E-state index contributed by atoms with van der Waals surface area (Å²) in [6.07, 6.45) is 7.61. The Morgan fingerprint density at radius 1 is 1.23 bits per heavy atom. The highest BCUT2D eigenvalue weighted by molar-refractivity contribution is 7.88. The number of hydrogen-bond acceptors (Lipinski definition) is 6. The van der Waals surface area contributed by atoms with Crippen LogP contribution in [-0.4, -0.2) is 58.9 Å². The largest absolute Gasteiger partial charge is 0.486 e. The molecule has 0 radical (unpaired) electrons. The van der Waals surface area contributed by atoms with Gasteiger partial charge >= 0.3 is 0 Å². The number of aldehydes is 1. The average molecular weight is 473 g/mol. The summed E-state index contributed by atoms with van der Waals surface area (Å²) >= 11 is 6.36. The number of ether oxygens (including phenoxy) is 2. The number of piperidine rings is 1. The lowest BCUT2D eigenvalue weighted by molar-refractivity contribution is -0.109. The first-order valence-electron chi connectivity index (χ1n) is 11.0. The molecular weight excluding hydrogens is 440 g/mol. The number of rotatable bonds is 9. The van der Waals surface area contributed by atoms with Crippen molar-refractivity contribution >= 4 is 27.9 Å². The summed E-state index contributed by atoms with van der Waals surface area (Å²) in [4.78, 5) is 10.8. The molecule has 1 aliphatic carbocycles. The Balaban J connectivity index is 1.56. The Kier molecular flexibility index (Phi) is 8.75. The van der Waals surface area contributed by atoms with E-state index in [-0.39, 0.29) is 24.8 Å². The maximum atomic E-state index is 11.6. The Morgan fingerprint density at radius 2 is 1.97 bits per heavy atom. The zero-order chi connectivity index (χ0) is 22.4. The van der Waals surface area contributed by atoms with Crippen LogP contribution in [0, 0.1) is 6.92 Å². The molecule has 1 saturated heterocycles. The molecule has 7 nitrogen and oxygen atoms in total. The lowest BCUT2D eigenvalue weighted by Crippen LogP contribution is -2.55. The van der Waals surface area contributed by atoms with E-state index in [9.17, 15) is 13.2 Å². The molecule has 174 valence electrons. The van der Waals surface area contributed by atoms with Gasteiger partial charge in [0, 0.05) is 22.7 Å². The number of nitrogens with one attached hydrogen (secondary N) is 2. The van der Waals surface area contributed by atoms with Gasteiger partial charge in [-0.25, -0.2) is 13.1 Å². The molecule has 1 aromatic carbocycles. The maximum absolute atomic E-state index is 11.6. The van der Waals surface area contributed by atoms with Crippen molar-refractivity contribution in [2.24, 2.45) is 0 Å². The lowest BCUT2D eigenvalue weighted by Gasteiger charge is -2.35. The van der Waals surface area contributed by atoms with Gasteiger partial charge in [-0.2, -0.15) is 0 Å². The first kappa shape index (κ1) is 24.5. The summed E-state index contributed by atoms with van der Waals surface area (Å²) in [6, 6.07) is 3.51. The van der Waals surface area contributed by atoms with Crippen LogP contribution in [0.3, 0.4) is 0 Å². The van der Waals surface area contributed by atoms with Crippen LogP contribution in [0.4, 0.5) is 0 Å². The van der Waals surface area contributed by atoms with Crippen molar-refractivity contribution in [2.45, 2.75) is 69.6 Å². The van der Waals surface area contributed by atoms with Crippen molar-refractivity contribution in [1.29, 1.82) is 0 Å². The van der Waals surface area contributed by atoms with E-state index in [1.54, 1.807) is 0 Å². The fourth-order valence-corrected chi connectivity index (χ4v) is 5.73. The van der Waals surface area contributed by atoms with Crippen molar-refractivity contribution < 1.29 is 22.7 Å². The average Bonchev–Trinajstić information content (AvgIpc) is 2.73. The zero-order valence-corrected chi connectivity index (χ0v) is 19.8. The fraction of sp³-hybridized carbons (Fsp3) is 0.682. The SMILES string of the molecule is Cc1c(Cl)ccc(OCC=O)c1C1CCC(OC[C@@H]2NCCC[C@@H]2NS(C)(=O)=O)CC1. The Labute approximate surface area is 190 Å². The number of carbonyl (C=O) groups is 1. The molecule has 0 aromatic heterocycles. The van der Waals surface area contributed by atoms with E-state index in [0.717, 1.165) is 68.2 Å². The standard InChI is InChI=1S/C22H33ClN2O5S/c1-15-18(23)9-10-21(29-13-12-26)22(15)16-5-7-17(8-6-16)30-14-20-19(4-3-11-24-20)25-31(2,27)28/h9-10,12,16-17,19-20,24-25H,3-8,11,13-14H2,1-2H3/t16?,17?,19-,20-/m0/s1. The van der Waals surface area contributed by atoms with E-state index >= 15 is 0 Å². The first-order chi connectivity index (χ1) is 14.8. The maximum Gasteiger partial charge on any atom is 0.209 e. The molecule has 0 amide bonds. The van der Waals surface area contributed by atoms with E-state index in [2.05, 4.69) is 10.0 Å². The molecule has 1 aliphatic heterocycles. The van der Waals surface area contributed by atoms with Gasteiger partial charge in [0.25, 0.3) is 0 Å². The molecule has 1 heterocycles. The van der Waals surface area contributed by atoms with Crippen LogP contribution < -0.4 is 14.8 Å². The van der Waals surface area contributed by atoms with Gasteiger partial charge < -0.3 is 14.8 Å². The highest BCUT2D eigenvalue weighted by Gasteiger charge is 2.30. The normalized spacial score (nSPS) is 27.1. The van der Waals surface area contributed by atoms with E-state index < -0.39 is 10.0 Å². The molecule has 0 unspecified atom stereocenters. The van der Waals surface area contributed by atoms with Gasteiger partial charge in [-0.3, -0.25) is 4.79 Å². The molecular formula is C22H33ClN2O5S. The van der Waals surface area contributed by atoms with Crippen LogP contribution in [0.5, 0.6) is 5.75 Å². The summed E-state index contributed by atoms with van der Waals surface area (Å²) in [7, 11) is -3.25. The second-order valence-electron chi connectivity index (χ2n) is 8.57. The van der Waals surface area contributed by atoms with E-state index in [4.69, 9.17) is 21.1 Å². The number of carbonyl (C=O) groups excluding carboxylic acids is 1. The monoisotopic (exact) mass is 472 g/mol. The second kappa shape index (κ2) is 11.1. The van der Waals surface area contributed by atoms with Crippen molar-refractivity contribution in [3.05, 3.63) is 28.3 Å². The summed E-state index contributed by atoms with van der Waals surface area (Å²) in [6.45, 7) is 3.40. The minimum atomic E-state index is -3.25. The predicted molar refractivity (Wildman–Crippen MR) is 121 cm³/mol. The summed E-state index contributed by atoms with van der Waals surface area (Å²) in [5.41, 5.74) is 2.11. The van der Waals surface area contributed by atoms with Crippen molar-refractivity contribution in [3.63, 3.8) is 0 Å². The van der Waals surface area contributed by atoms with Gasteiger partial charge in [0.2, 0.25) is 10.0 Å². The zero-order valence-electron chi connectivity index (χ0n) is 18.2. The second-order valence-corrected chi connectivity index (χ2v) is 10.8. The van der Waals surface area contributed by atoms with Crippen molar-refractivity contribution in [2.75, 3.05) is 26.0 Å². The lowest BCUT2D eigenvalue weighted by atomic mass is 9.80. The summed E-state index contributed by atoms with van der Waals surface area (Å²) < 4.78 is 37.9. The third kappa shape index (κ3) is 6.89. The van der Waals surface area contributed by atoms with Crippen LogP contribution in [-0.2, 0) is 19.6 Å². The van der Waals surface area contributed by atoms with Crippen molar-refractivity contribution in [1.82, 2.24) is 10.0 Å². The molecule has 0 bridgehead atoms. The third-order valence-electron chi connectivity index (χ3n) is 6.26. The Morgan fingerprint density at radius 3 is 2.65 bits per heavy atom. The number of benzene rings is 1. The molecule has 0 spiro atoms. The minimum Gasteiger partial charge on any atom is -0.486 e. The molecule has 1 saturated carbocycles. The van der Waals surface area contributed by atoms with Crippen LogP contribution in [0.1, 0.15) is 55.6 Å². The van der Waals surface area contributed by atoms with E-state index in [1.807, 2.05) is 19.1 Å². The molecule has 2 atom stereocenters. The number of halogens is 1. The molecule has 2 fully saturated rings. The minimum absolute atomic E-state index is 0.0142. The van der Waals surface area contributed by atoms with Crippen LogP contribution >= 0.6 is 11.6 Å². The van der Waals surface area contributed by atoms with Gasteiger partial charge in [0.15, 0.2) is 6.29 Å². The molecule has 2 N–H and O–H groups in total. The molecule has 9 heteroatoms. The smallest absolute Gasteiger partial charge is 0.209 e. The molecule has 1 aromatic rings. The van der Waals surface area contributed by atoms with Crippen LogP contribution in [0.15, 0.2) is 12.1 Å². The predicted octanol–water partition coefficient (Wildman–Crippen LogP) is 2.94. The molecule has 2 aliphatic rings. The highest BCUT2D eigenvalue weighted by Crippen LogP contribution is 2.42. The first-order valence-corrected chi connectivity index (χ1v) is 13.2. The third-order valence-corrected chi connectivity index (χ3v) is 7.40. The number of sulfonamides is 1. The van der Waals surface area contributed by atoms with E-state index in [1.165, 1.54) is 6.26 Å². The molecule has 3 rings (SSSR count). The Bertz CT molecular complexity index is 856. The van der Waals surface area contributed by atoms with Gasteiger partial charge in [-0.1, -0.05) is 11.6 Å².